The number of nitrogens with two attached hydrogens (primary N) is 1. The Morgan fingerprint density at radius 2 is 1.31 bits per heavy atom. The normalized spacial score (nSPS) is 10.7. The zero-order valence-electron chi connectivity index (χ0n) is 14.3. The molecular weight excluding hydrogens is 340 g/mol. The fraction of sp³-hybridized carbons (Fsp3) is 0.0455. The predicted molar refractivity (Wildman–Crippen MR) is 109 cm³/mol. The van der Waals surface area contributed by atoms with Gasteiger partial charge in [0.05, 0.1) is 17.7 Å². The van der Waals surface area contributed by atoms with Crippen LogP contribution in [0.4, 0.5) is 5.13 Å². The first kappa shape index (κ1) is 16.4. The summed E-state index contributed by atoms with van der Waals surface area (Å²) in [7, 11) is 1.67. The van der Waals surface area contributed by atoms with Gasteiger partial charge in [0.1, 0.15) is 5.75 Å². The van der Waals surface area contributed by atoms with Crippen LogP contribution in [0.2, 0.25) is 0 Å². The molecule has 0 bridgehead atoms. The Bertz CT molecular complexity index is 1010. The summed E-state index contributed by atoms with van der Waals surface area (Å²) in [4.78, 5) is 5.63. The molecule has 3 aromatic carbocycles. The number of thiazole rings is 1. The van der Waals surface area contributed by atoms with Crippen LogP contribution in [0.1, 0.15) is 0 Å². The summed E-state index contributed by atoms with van der Waals surface area (Å²) >= 11 is 1.50. The molecule has 1 heterocycles. The van der Waals surface area contributed by atoms with Crippen molar-refractivity contribution in [3.05, 3.63) is 78.9 Å². The molecule has 128 valence electrons. The van der Waals surface area contributed by atoms with Crippen molar-refractivity contribution in [3.8, 4) is 38.6 Å². The number of nitrogen functional groups attached to an aromatic ring is 1. The van der Waals surface area contributed by atoms with E-state index in [2.05, 4.69) is 41.4 Å². The number of rotatable bonds is 4. The quantitative estimate of drug-likeness (QED) is 0.506. The van der Waals surface area contributed by atoms with E-state index in [1.165, 1.54) is 22.5 Å². The highest BCUT2D eigenvalue weighted by molar-refractivity contribution is 7.19. The van der Waals surface area contributed by atoms with Crippen LogP contribution in [0, 0.1) is 0 Å². The van der Waals surface area contributed by atoms with Crippen molar-refractivity contribution in [2.75, 3.05) is 12.8 Å². The van der Waals surface area contributed by atoms with Gasteiger partial charge in [-0.25, -0.2) is 4.98 Å². The number of hydrogen-bond donors (Lipinski definition) is 1. The first-order valence-electron chi connectivity index (χ1n) is 8.31. The molecule has 2 N–H and O–H groups in total. The number of aromatic nitrogens is 1. The second kappa shape index (κ2) is 7.02. The molecule has 3 nitrogen and oxygen atoms in total. The summed E-state index contributed by atoms with van der Waals surface area (Å²) in [5.41, 5.74) is 11.5. The third-order valence-corrected chi connectivity index (χ3v) is 5.19. The van der Waals surface area contributed by atoms with E-state index in [4.69, 9.17) is 10.5 Å². The van der Waals surface area contributed by atoms with Crippen LogP contribution in [0.25, 0.3) is 32.8 Å². The highest BCUT2D eigenvalue weighted by Crippen LogP contribution is 2.39. The van der Waals surface area contributed by atoms with E-state index >= 15 is 0 Å². The Morgan fingerprint density at radius 1 is 0.731 bits per heavy atom. The molecule has 0 fully saturated rings. The van der Waals surface area contributed by atoms with Gasteiger partial charge in [-0.15, -0.1) is 0 Å². The van der Waals surface area contributed by atoms with Crippen molar-refractivity contribution < 1.29 is 4.74 Å². The van der Waals surface area contributed by atoms with Gasteiger partial charge in [-0.2, -0.15) is 0 Å². The summed E-state index contributed by atoms with van der Waals surface area (Å²) in [5.74, 6) is 0.833. The Kier molecular flexibility index (Phi) is 4.42. The second-order valence-corrected chi connectivity index (χ2v) is 6.93. The number of nitrogens with zero attached hydrogens (tertiary/aromatic N) is 1. The largest absolute Gasteiger partial charge is 0.497 e. The van der Waals surface area contributed by atoms with Gasteiger partial charge in [0.25, 0.3) is 0 Å². The molecule has 4 heteroatoms. The van der Waals surface area contributed by atoms with Crippen LogP contribution in [0.5, 0.6) is 5.75 Å². The van der Waals surface area contributed by atoms with Crippen LogP contribution >= 0.6 is 11.3 Å². The lowest BCUT2D eigenvalue weighted by molar-refractivity contribution is 0.415. The Balaban J connectivity index is 1.72. The smallest absolute Gasteiger partial charge is 0.181 e. The van der Waals surface area contributed by atoms with Gasteiger partial charge in [-0.1, -0.05) is 65.9 Å². The maximum absolute atomic E-state index is 6.01. The van der Waals surface area contributed by atoms with Crippen molar-refractivity contribution in [1.29, 1.82) is 0 Å². The minimum atomic E-state index is 0.568. The molecule has 0 radical (unpaired) electrons. The van der Waals surface area contributed by atoms with Gasteiger partial charge in [-0.05, 0) is 41.0 Å². The third-order valence-electron chi connectivity index (χ3n) is 4.26. The number of anilines is 1. The lowest BCUT2D eigenvalue weighted by Crippen LogP contribution is -1.86. The maximum atomic E-state index is 6.01. The summed E-state index contributed by atoms with van der Waals surface area (Å²) in [6.07, 6.45) is 0. The molecule has 0 atom stereocenters. The fourth-order valence-corrected chi connectivity index (χ4v) is 3.78. The van der Waals surface area contributed by atoms with Crippen molar-refractivity contribution in [2.45, 2.75) is 0 Å². The lowest BCUT2D eigenvalue weighted by atomic mass is 10.0. The van der Waals surface area contributed by atoms with Crippen LogP contribution in [-0.4, -0.2) is 12.1 Å². The minimum Gasteiger partial charge on any atom is -0.497 e. The summed E-state index contributed by atoms with van der Waals surface area (Å²) in [6.45, 7) is 0. The van der Waals surface area contributed by atoms with E-state index in [1.807, 2.05) is 42.5 Å². The van der Waals surface area contributed by atoms with Gasteiger partial charge >= 0.3 is 0 Å². The van der Waals surface area contributed by atoms with Crippen LogP contribution in [0.15, 0.2) is 78.9 Å². The molecule has 0 aliphatic carbocycles. The van der Waals surface area contributed by atoms with Crippen molar-refractivity contribution >= 4 is 16.5 Å². The van der Waals surface area contributed by atoms with Gasteiger partial charge in [0, 0.05) is 5.56 Å². The zero-order valence-corrected chi connectivity index (χ0v) is 15.2. The molecule has 1 aromatic heterocycles. The molecule has 0 aliphatic rings. The molecule has 0 spiro atoms. The van der Waals surface area contributed by atoms with Crippen LogP contribution in [-0.2, 0) is 0 Å². The predicted octanol–water partition coefficient (Wildman–Crippen LogP) is 5.73. The molecular formula is C22H18N2OS. The Hall–Kier alpha value is -3.11. The number of methoxy groups -OCH3 is 1. The molecule has 0 amide bonds. The molecule has 4 rings (SSSR count). The number of benzene rings is 3. The van der Waals surface area contributed by atoms with Gasteiger partial charge in [-0.3, -0.25) is 0 Å². The SMILES string of the molecule is COc1ccc(-c2sc(N)nc2-c2ccc(-c3ccccc3)cc2)cc1. The minimum absolute atomic E-state index is 0.568. The first-order valence-corrected chi connectivity index (χ1v) is 9.13. The molecule has 26 heavy (non-hydrogen) atoms. The highest BCUT2D eigenvalue weighted by Gasteiger charge is 2.14. The average molecular weight is 358 g/mol. The number of hydrogen-bond acceptors (Lipinski definition) is 4. The van der Waals surface area contributed by atoms with E-state index in [-0.39, 0.29) is 0 Å². The van der Waals surface area contributed by atoms with E-state index in [9.17, 15) is 0 Å². The average Bonchev–Trinajstić information content (AvgIpc) is 3.10. The van der Waals surface area contributed by atoms with Crippen molar-refractivity contribution in [3.63, 3.8) is 0 Å². The van der Waals surface area contributed by atoms with Gasteiger partial charge < -0.3 is 10.5 Å². The lowest BCUT2D eigenvalue weighted by Gasteiger charge is -2.06. The van der Waals surface area contributed by atoms with E-state index < -0.39 is 0 Å². The maximum Gasteiger partial charge on any atom is 0.181 e. The summed E-state index contributed by atoms with van der Waals surface area (Å²) in [5, 5.41) is 0.568. The first-order chi connectivity index (χ1) is 12.7. The molecule has 0 unspecified atom stereocenters. The second-order valence-electron chi connectivity index (χ2n) is 5.90. The molecule has 4 aromatic rings. The van der Waals surface area contributed by atoms with E-state index in [0.29, 0.717) is 5.13 Å². The monoisotopic (exact) mass is 358 g/mol. The van der Waals surface area contributed by atoms with Crippen molar-refractivity contribution in [2.24, 2.45) is 0 Å². The van der Waals surface area contributed by atoms with Crippen molar-refractivity contribution in [1.82, 2.24) is 4.98 Å². The third kappa shape index (κ3) is 3.19. The Morgan fingerprint density at radius 3 is 1.96 bits per heavy atom. The van der Waals surface area contributed by atoms with E-state index in [0.717, 1.165) is 27.4 Å². The number of ether oxygens (including phenoxy) is 1. The van der Waals surface area contributed by atoms with Gasteiger partial charge in [0.2, 0.25) is 0 Å². The van der Waals surface area contributed by atoms with Gasteiger partial charge in [0.15, 0.2) is 5.13 Å². The van der Waals surface area contributed by atoms with E-state index in [1.54, 1.807) is 7.11 Å². The fourth-order valence-electron chi connectivity index (χ4n) is 2.92. The molecule has 0 aliphatic heterocycles. The molecule has 0 saturated heterocycles. The molecule has 0 saturated carbocycles. The van der Waals surface area contributed by atoms with Crippen LogP contribution < -0.4 is 10.5 Å². The van der Waals surface area contributed by atoms with Crippen LogP contribution in [0.3, 0.4) is 0 Å². The topological polar surface area (TPSA) is 48.1 Å². The summed E-state index contributed by atoms with van der Waals surface area (Å²) < 4.78 is 5.24. The summed E-state index contributed by atoms with van der Waals surface area (Å²) in [6, 6.07) is 26.8. The standard InChI is InChI=1S/C22H18N2OS/c1-25-19-13-11-18(12-14-19)21-20(24-22(23)26-21)17-9-7-16(8-10-17)15-5-3-2-4-6-15/h2-14H,1H3,(H2,23,24). The Labute approximate surface area is 156 Å². The highest BCUT2D eigenvalue weighted by atomic mass is 32.1. The zero-order chi connectivity index (χ0) is 17.9.